The lowest BCUT2D eigenvalue weighted by Gasteiger charge is -2.15. The Morgan fingerprint density at radius 2 is 2.44 bits per heavy atom. The maximum atomic E-state index is 10.6. The van der Waals surface area contributed by atoms with E-state index in [0.717, 1.165) is 11.8 Å². The lowest BCUT2D eigenvalue weighted by molar-refractivity contribution is -0.404. The highest BCUT2D eigenvalue weighted by atomic mass is 35.5. The summed E-state index contributed by atoms with van der Waals surface area (Å²) in [4.78, 5) is 14.1. The molecule has 0 fully saturated rings. The molecule has 96 valence electrons. The van der Waals surface area contributed by atoms with Crippen molar-refractivity contribution in [3.05, 3.63) is 63.7 Å². The van der Waals surface area contributed by atoms with Crippen molar-refractivity contribution in [3.63, 3.8) is 0 Å². The summed E-state index contributed by atoms with van der Waals surface area (Å²) in [5.41, 5.74) is 1.35. The molecule has 18 heavy (non-hydrogen) atoms. The van der Waals surface area contributed by atoms with Crippen molar-refractivity contribution >= 4 is 11.6 Å². The van der Waals surface area contributed by atoms with Gasteiger partial charge in [-0.2, -0.15) is 0 Å². The third-order valence-corrected chi connectivity index (χ3v) is 2.64. The van der Waals surface area contributed by atoms with E-state index in [9.17, 15) is 10.1 Å². The molecule has 0 spiro atoms. The van der Waals surface area contributed by atoms with E-state index in [2.05, 4.69) is 16.9 Å². The van der Waals surface area contributed by atoms with Crippen LogP contribution in [-0.4, -0.2) is 16.5 Å². The highest BCUT2D eigenvalue weighted by molar-refractivity contribution is 6.29. The standard InChI is InChI=1S/C12H14ClN3O2/c1-3-6-14-11(8-16(17)18)9(2)10-4-5-12(13)15-7-10/h3-5,7-9,14H,1,6H2,2H3/b11-8+. The second-order valence-corrected chi connectivity index (χ2v) is 4.06. The van der Waals surface area contributed by atoms with Crippen molar-refractivity contribution < 1.29 is 4.92 Å². The minimum Gasteiger partial charge on any atom is -0.379 e. The summed E-state index contributed by atoms with van der Waals surface area (Å²) in [6, 6.07) is 3.45. The maximum absolute atomic E-state index is 10.6. The molecule has 1 atom stereocenters. The number of aromatic nitrogens is 1. The van der Waals surface area contributed by atoms with Crippen LogP contribution in [0.5, 0.6) is 0 Å². The second kappa shape index (κ2) is 6.76. The normalized spacial score (nSPS) is 12.9. The predicted octanol–water partition coefficient (Wildman–Crippen LogP) is 2.73. The van der Waals surface area contributed by atoms with E-state index in [0.29, 0.717) is 17.4 Å². The first-order chi connectivity index (χ1) is 8.54. The number of allylic oxidation sites excluding steroid dienone is 1. The fourth-order valence-corrected chi connectivity index (χ4v) is 1.55. The zero-order valence-corrected chi connectivity index (χ0v) is 10.7. The Morgan fingerprint density at radius 1 is 1.72 bits per heavy atom. The maximum Gasteiger partial charge on any atom is 0.253 e. The molecule has 6 heteroatoms. The van der Waals surface area contributed by atoms with Gasteiger partial charge in [-0.15, -0.1) is 6.58 Å². The number of pyridine rings is 1. The van der Waals surface area contributed by atoms with Crippen LogP contribution in [0.1, 0.15) is 18.4 Å². The molecule has 5 nitrogen and oxygen atoms in total. The molecule has 0 radical (unpaired) electrons. The van der Waals surface area contributed by atoms with E-state index < -0.39 is 4.92 Å². The van der Waals surface area contributed by atoms with Crippen LogP contribution in [-0.2, 0) is 0 Å². The minimum atomic E-state index is -0.481. The first kappa shape index (κ1) is 14.2. The molecule has 0 aromatic carbocycles. The van der Waals surface area contributed by atoms with E-state index in [1.807, 2.05) is 6.92 Å². The summed E-state index contributed by atoms with van der Waals surface area (Å²) in [6.45, 7) is 5.89. The van der Waals surface area contributed by atoms with Crippen molar-refractivity contribution in [1.82, 2.24) is 10.3 Å². The molecular weight excluding hydrogens is 254 g/mol. The summed E-state index contributed by atoms with van der Waals surface area (Å²) in [5.74, 6) is -0.167. The number of rotatable bonds is 6. The van der Waals surface area contributed by atoms with Crippen molar-refractivity contribution in [2.45, 2.75) is 12.8 Å². The van der Waals surface area contributed by atoms with Crippen LogP contribution in [0.2, 0.25) is 5.15 Å². The Labute approximate surface area is 110 Å². The molecule has 0 aliphatic rings. The monoisotopic (exact) mass is 267 g/mol. The van der Waals surface area contributed by atoms with E-state index >= 15 is 0 Å². The second-order valence-electron chi connectivity index (χ2n) is 3.68. The molecule has 1 rings (SSSR count). The van der Waals surface area contributed by atoms with Crippen LogP contribution in [0.25, 0.3) is 0 Å². The number of halogens is 1. The van der Waals surface area contributed by atoms with Gasteiger partial charge in [0.25, 0.3) is 6.20 Å². The predicted molar refractivity (Wildman–Crippen MR) is 70.9 cm³/mol. The molecule has 0 saturated carbocycles. The van der Waals surface area contributed by atoms with E-state index in [4.69, 9.17) is 11.6 Å². The van der Waals surface area contributed by atoms with Crippen LogP contribution >= 0.6 is 11.6 Å². The third-order valence-electron chi connectivity index (χ3n) is 2.41. The van der Waals surface area contributed by atoms with Crippen molar-refractivity contribution in [2.75, 3.05) is 6.54 Å². The van der Waals surface area contributed by atoms with E-state index in [1.54, 1.807) is 24.4 Å². The Hall–Kier alpha value is -1.88. The molecule has 0 aliphatic heterocycles. The van der Waals surface area contributed by atoms with Crippen molar-refractivity contribution in [2.24, 2.45) is 0 Å². The smallest absolute Gasteiger partial charge is 0.253 e. The highest BCUT2D eigenvalue weighted by Gasteiger charge is 2.14. The molecule has 1 aromatic rings. The minimum absolute atomic E-state index is 0.167. The summed E-state index contributed by atoms with van der Waals surface area (Å²) >= 11 is 5.70. The molecule has 0 amide bonds. The molecule has 1 heterocycles. The molecular formula is C12H14ClN3O2. The highest BCUT2D eigenvalue weighted by Crippen LogP contribution is 2.22. The topological polar surface area (TPSA) is 68.1 Å². The number of nitrogens with zero attached hydrogens (tertiary/aromatic N) is 2. The Balaban J connectivity index is 2.94. The van der Waals surface area contributed by atoms with Gasteiger partial charge < -0.3 is 5.32 Å². The van der Waals surface area contributed by atoms with Gasteiger partial charge >= 0.3 is 0 Å². The number of hydrogen-bond acceptors (Lipinski definition) is 4. The van der Waals surface area contributed by atoms with Gasteiger partial charge in [0.2, 0.25) is 0 Å². The SMILES string of the molecule is C=CCN/C(=C/[N+](=O)[O-])C(C)c1ccc(Cl)nc1. The summed E-state index contributed by atoms with van der Waals surface area (Å²) in [6.07, 6.45) is 4.21. The van der Waals surface area contributed by atoms with Crippen LogP contribution in [0, 0.1) is 10.1 Å². The summed E-state index contributed by atoms with van der Waals surface area (Å²) in [7, 11) is 0. The Kier molecular flexibility index (Phi) is 5.32. The number of hydrogen-bond donors (Lipinski definition) is 1. The van der Waals surface area contributed by atoms with E-state index in [1.165, 1.54) is 0 Å². The lowest BCUT2D eigenvalue weighted by Crippen LogP contribution is -2.19. The lowest BCUT2D eigenvalue weighted by atomic mass is 10.00. The van der Waals surface area contributed by atoms with Crippen molar-refractivity contribution in [1.29, 1.82) is 0 Å². The van der Waals surface area contributed by atoms with Crippen molar-refractivity contribution in [3.8, 4) is 0 Å². The molecule has 1 unspecified atom stereocenters. The van der Waals surface area contributed by atoms with Gasteiger partial charge in [0.15, 0.2) is 0 Å². The van der Waals surface area contributed by atoms with Gasteiger partial charge in [-0.25, -0.2) is 4.98 Å². The van der Waals surface area contributed by atoms with Gasteiger partial charge in [0, 0.05) is 18.7 Å². The fourth-order valence-electron chi connectivity index (χ4n) is 1.44. The largest absolute Gasteiger partial charge is 0.379 e. The van der Waals surface area contributed by atoms with Gasteiger partial charge in [-0.05, 0) is 11.6 Å². The van der Waals surface area contributed by atoms with Gasteiger partial charge in [-0.1, -0.05) is 30.7 Å². The molecule has 0 saturated heterocycles. The summed E-state index contributed by atoms with van der Waals surface area (Å²) < 4.78 is 0. The van der Waals surface area contributed by atoms with Gasteiger partial charge in [0.1, 0.15) is 5.15 Å². The van der Waals surface area contributed by atoms with Crippen LogP contribution < -0.4 is 5.32 Å². The van der Waals surface area contributed by atoms with Crippen LogP contribution in [0.3, 0.4) is 0 Å². The molecule has 1 N–H and O–H groups in total. The Bertz CT molecular complexity index is 457. The molecule has 1 aromatic heterocycles. The average molecular weight is 268 g/mol. The third kappa shape index (κ3) is 4.18. The fraction of sp³-hybridized carbons (Fsp3) is 0.250. The first-order valence-corrected chi connectivity index (χ1v) is 5.73. The quantitative estimate of drug-likeness (QED) is 0.372. The van der Waals surface area contributed by atoms with Crippen LogP contribution in [0.15, 0.2) is 42.9 Å². The first-order valence-electron chi connectivity index (χ1n) is 5.36. The zero-order chi connectivity index (χ0) is 13.5. The Morgan fingerprint density at radius 3 is 2.94 bits per heavy atom. The summed E-state index contributed by atoms with van der Waals surface area (Å²) in [5, 5.41) is 13.9. The zero-order valence-electron chi connectivity index (χ0n) is 9.97. The average Bonchev–Trinajstić information content (AvgIpc) is 2.34. The van der Waals surface area contributed by atoms with Gasteiger partial charge in [0.05, 0.1) is 10.6 Å². The molecule has 0 bridgehead atoms. The molecule has 0 aliphatic carbocycles. The number of nitrogens with one attached hydrogen (secondary N) is 1. The number of nitro groups is 1. The van der Waals surface area contributed by atoms with E-state index in [-0.39, 0.29) is 5.92 Å². The van der Waals surface area contributed by atoms with Gasteiger partial charge in [-0.3, -0.25) is 10.1 Å². The van der Waals surface area contributed by atoms with Crippen LogP contribution in [0.4, 0.5) is 0 Å².